The zero-order valence-corrected chi connectivity index (χ0v) is 16.7. The van der Waals surface area contributed by atoms with E-state index in [2.05, 4.69) is 13.2 Å². The predicted octanol–water partition coefficient (Wildman–Crippen LogP) is 3.63. The second kappa shape index (κ2) is 12.7. The van der Waals surface area contributed by atoms with Gasteiger partial charge in [0.15, 0.2) is 0 Å². The van der Waals surface area contributed by atoms with E-state index < -0.39 is 11.9 Å². The highest BCUT2D eigenvalue weighted by Gasteiger charge is 2.37. The van der Waals surface area contributed by atoms with E-state index in [-0.39, 0.29) is 11.1 Å². The lowest BCUT2D eigenvalue weighted by Crippen LogP contribution is -2.33. The molecule has 27 heavy (non-hydrogen) atoms. The Balaban J connectivity index is 0.000000470. The van der Waals surface area contributed by atoms with Crippen LogP contribution in [0, 0.1) is 17.3 Å². The van der Waals surface area contributed by atoms with Gasteiger partial charge in [-0.2, -0.15) is 0 Å². The van der Waals surface area contributed by atoms with Crippen molar-refractivity contribution in [3.05, 3.63) is 24.3 Å². The standard InChI is InChI=1S/C13H24O2.2C4H6O2/c14-9-11-1-5-13(6-2-11)7-3-12(10-15)4-8-13;2*1-3(2)4(5)6/h11-12,14-15H,1-10H2;2*1H2,2H3,(H,5,6). The number of aliphatic hydroxyl groups is 2. The highest BCUT2D eigenvalue weighted by molar-refractivity contribution is 5.85. The van der Waals surface area contributed by atoms with Crippen molar-refractivity contribution in [1.82, 2.24) is 0 Å². The molecule has 4 N–H and O–H groups in total. The average molecular weight is 385 g/mol. The minimum Gasteiger partial charge on any atom is -0.478 e. The molecule has 0 amide bonds. The van der Waals surface area contributed by atoms with E-state index in [9.17, 15) is 9.59 Å². The van der Waals surface area contributed by atoms with Crippen molar-refractivity contribution < 1.29 is 30.0 Å². The SMILES string of the molecule is C=C(C)C(=O)O.C=C(C)C(=O)O.OCC1CCC2(CC1)CCC(CO)CC2. The third-order valence-corrected chi connectivity index (χ3v) is 5.58. The highest BCUT2D eigenvalue weighted by atomic mass is 16.4. The van der Waals surface area contributed by atoms with Gasteiger partial charge >= 0.3 is 11.9 Å². The summed E-state index contributed by atoms with van der Waals surface area (Å²) in [5, 5.41) is 34.0. The molecule has 0 aromatic carbocycles. The van der Waals surface area contributed by atoms with Crippen LogP contribution in [0.2, 0.25) is 0 Å². The smallest absolute Gasteiger partial charge is 0.330 e. The third-order valence-electron chi connectivity index (χ3n) is 5.58. The van der Waals surface area contributed by atoms with Crippen LogP contribution in [0.3, 0.4) is 0 Å². The number of rotatable bonds is 4. The maximum Gasteiger partial charge on any atom is 0.330 e. The van der Waals surface area contributed by atoms with Crippen molar-refractivity contribution in [2.24, 2.45) is 17.3 Å². The first-order valence-electron chi connectivity index (χ1n) is 9.56. The van der Waals surface area contributed by atoms with Crippen molar-refractivity contribution >= 4 is 11.9 Å². The van der Waals surface area contributed by atoms with Gasteiger partial charge in [0.1, 0.15) is 0 Å². The Labute approximate surface area is 162 Å². The number of hydrogen-bond donors (Lipinski definition) is 4. The number of aliphatic hydroxyl groups excluding tert-OH is 2. The summed E-state index contributed by atoms with van der Waals surface area (Å²) in [7, 11) is 0. The topological polar surface area (TPSA) is 115 Å². The lowest BCUT2D eigenvalue weighted by Gasteiger charge is -2.44. The van der Waals surface area contributed by atoms with Gasteiger partial charge < -0.3 is 20.4 Å². The van der Waals surface area contributed by atoms with Crippen LogP contribution < -0.4 is 0 Å². The van der Waals surface area contributed by atoms with E-state index in [0.29, 0.717) is 30.5 Å². The summed E-state index contributed by atoms with van der Waals surface area (Å²) in [6.07, 6.45) is 10.2. The molecule has 0 heterocycles. The van der Waals surface area contributed by atoms with Gasteiger partial charge in [-0.05, 0) is 82.5 Å². The first-order chi connectivity index (χ1) is 12.6. The number of hydrogen-bond acceptors (Lipinski definition) is 4. The monoisotopic (exact) mass is 384 g/mol. The Hall–Kier alpha value is -1.66. The van der Waals surface area contributed by atoms with Crippen molar-refractivity contribution in [3.63, 3.8) is 0 Å². The van der Waals surface area contributed by atoms with E-state index in [1.165, 1.54) is 65.2 Å². The minimum atomic E-state index is -0.935. The van der Waals surface area contributed by atoms with E-state index in [1.807, 2.05) is 0 Å². The normalized spacial score (nSPS) is 26.7. The molecule has 0 atom stereocenters. The van der Waals surface area contributed by atoms with Crippen LogP contribution >= 0.6 is 0 Å². The van der Waals surface area contributed by atoms with Crippen molar-refractivity contribution in [3.8, 4) is 0 Å². The van der Waals surface area contributed by atoms with Gasteiger partial charge in [0.25, 0.3) is 0 Å². The van der Waals surface area contributed by atoms with Crippen LogP contribution in [0.15, 0.2) is 24.3 Å². The van der Waals surface area contributed by atoms with Gasteiger partial charge in [0.2, 0.25) is 0 Å². The molecule has 0 aliphatic heterocycles. The highest BCUT2D eigenvalue weighted by Crippen LogP contribution is 2.49. The van der Waals surface area contributed by atoms with E-state index in [4.69, 9.17) is 20.4 Å². The summed E-state index contributed by atoms with van der Waals surface area (Å²) in [5.41, 5.74) is 0.946. The summed E-state index contributed by atoms with van der Waals surface area (Å²) in [4.78, 5) is 19.2. The second-order valence-electron chi connectivity index (χ2n) is 7.92. The Morgan fingerprint density at radius 2 is 1.00 bits per heavy atom. The molecule has 2 aliphatic rings. The number of carboxylic acid groups (broad SMARTS) is 2. The van der Waals surface area contributed by atoms with Crippen LogP contribution in [-0.4, -0.2) is 45.6 Å². The summed E-state index contributed by atoms with van der Waals surface area (Å²) in [5.74, 6) is -0.720. The Morgan fingerprint density at radius 3 is 1.15 bits per heavy atom. The maximum absolute atomic E-state index is 9.60. The second-order valence-corrected chi connectivity index (χ2v) is 7.92. The molecule has 2 saturated carbocycles. The lowest BCUT2D eigenvalue weighted by atomic mass is 9.62. The molecule has 1 spiro atoms. The van der Waals surface area contributed by atoms with Crippen molar-refractivity contribution in [2.45, 2.75) is 65.2 Å². The van der Waals surface area contributed by atoms with Crippen molar-refractivity contribution in [1.29, 1.82) is 0 Å². The fourth-order valence-corrected chi connectivity index (χ4v) is 3.45. The first kappa shape index (κ1) is 25.3. The molecular weight excluding hydrogens is 348 g/mol. The van der Waals surface area contributed by atoms with Crippen LogP contribution in [0.1, 0.15) is 65.2 Å². The molecule has 156 valence electrons. The Bertz CT molecular complexity index is 421. The molecule has 2 aliphatic carbocycles. The van der Waals surface area contributed by atoms with Gasteiger partial charge in [0, 0.05) is 24.4 Å². The third kappa shape index (κ3) is 10.3. The maximum atomic E-state index is 9.60. The molecule has 0 aromatic rings. The molecule has 0 aromatic heterocycles. The van der Waals surface area contributed by atoms with E-state index in [0.717, 1.165) is 0 Å². The van der Waals surface area contributed by atoms with Crippen molar-refractivity contribution in [2.75, 3.05) is 13.2 Å². The van der Waals surface area contributed by atoms with Gasteiger partial charge in [-0.25, -0.2) is 9.59 Å². The average Bonchev–Trinajstić information content (AvgIpc) is 2.64. The van der Waals surface area contributed by atoms with Gasteiger partial charge in [-0.15, -0.1) is 0 Å². The van der Waals surface area contributed by atoms with Gasteiger partial charge in [0.05, 0.1) is 0 Å². The van der Waals surface area contributed by atoms with E-state index in [1.54, 1.807) is 0 Å². The summed E-state index contributed by atoms with van der Waals surface area (Å²) in [6, 6.07) is 0. The fraction of sp³-hybridized carbons (Fsp3) is 0.714. The van der Waals surface area contributed by atoms with Crippen LogP contribution in [0.25, 0.3) is 0 Å². The fourth-order valence-electron chi connectivity index (χ4n) is 3.45. The van der Waals surface area contributed by atoms with Gasteiger partial charge in [-0.3, -0.25) is 0 Å². The first-order valence-corrected chi connectivity index (χ1v) is 9.56. The minimum absolute atomic E-state index is 0.176. The van der Waals surface area contributed by atoms with Crippen LogP contribution in [-0.2, 0) is 9.59 Å². The number of carboxylic acids is 2. The van der Waals surface area contributed by atoms with E-state index >= 15 is 0 Å². The predicted molar refractivity (Wildman–Crippen MR) is 105 cm³/mol. The zero-order chi connectivity index (χ0) is 21.0. The summed E-state index contributed by atoms with van der Waals surface area (Å²) < 4.78 is 0. The largest absolute Gasteiger partial charge is 0.478 e. The Kier molecular flexibility index (Phi) is 11.9. The molecule has 6 heteroatoms. The van der Waals surface area contributed by atoms with Gasteiger partial charge in [-0.1, -0.05) is 13.2 Å². The lowest BCUT2D eigenvalue weighted by molar-refractivity contribution is -0.133. The molecule has 0 radical (unpaired) electrons. The molecule has 2 fully saturated rings. The summed E-state index contributed by atoms with van der Waals surface area (Å²) >= 11 is 0. The van der Waals surface area contributed by atoms with Crippen LogP contribution in [0.4, 0.5) is 0 Å². The molecular formula is C21H36O6. The molecule has 2 rings (SSSR count). The summed E-state index contributed by atoms with van der Waals surface area (Å²) in [6.45, 7) is 9.97. The van der Waals surface area contributed by atoms with Crippen LogP contribution in [0.5, 0.6) is 0 Å². The molecule has 0 bridgehead atoms. The molecule has 0 unspecified atom stereocenters. The Morgan fingerprint density at radius 1 is 0.778 bits per heavy atom. The quantitative estimate of drug-likeness (QED) is 0.550. The molecule has 0 saturated heterocycles. The zero-order valence-electron chi connectivity index (χ0n) is 16.7. The number of aliphatic carboxylic acids is 2. The molecule has 6 nitrogen and oxygen atoms in total. The number of carbonyl (C=O) groups is 2.